The minimum Gasteiger partial charge on any atom is -0.398 e. The van der Waals surface area contributed by atoms with Crippen LogP contribution in [0.25, 0.3) is 11.4 Å². The Hall–Kier alpha value is -1.55. The molecule has 2 aromatic rings. The lowest BCUT2D eigenvalue weighted by Gasteiger charge is -2.06. The van der Waals surface area contributed by atoms with Crippen LogP contribution in [0.15, 0.2) is 24.5 Å². The van der Waals surface area contributed by atoms with E-state index in [-0.39, 0.29) is 0 Å². The number of nitrogen functional groups attached to an aromatic ring is 1. The van der Waals surface area contributed by atoms with Crippen LogP contribution in [0.3, 0.4) is 0 Å². The van der Waals surface area contributed by atoms with Gasteiger partial charge in [-0.3, -0.25) is 0 Å². The summed E-state index contributed by atoms with van der Waals surface area (Å²) in [5, 5.41) is 8.32. The molecular formula is C9H9ClN4. The molecule has 0 saturated carbocycles. The lowest BCUT2D eigenvalue weighted by atomic mass is 10.1. The van der Waals surface area contributed by atoms with E-state index in [1.165, 1.54) is 0 Å². The molecule has 72 valence electrons. The Labute approximate surface area is 86.3 Å². The molecule has 1 heterocycles. The lowest BCUT2D eigenvalue weighted by molar-refractivity contribution is 0.920. The van der Waals surface area contributed by atoms with Gasteiger partial charge in [-0.15, -0.1) is 10.2 Å². The average Bonchev–Trinajstić information content (AvgIpc) is 2.52. The Morgan fingerprint density at radius 1 is 1.43 bits per heavy atom. The molecule has 0 aliphatic carbocycles. The topological polar surface area (TPSA) is 56.7 Å². The molecule has 0 radical (unpaired) electrons. The van der Waals surface area contributed by atoms with Crippen LogP contribution in [0.5, 0.6) is 0 Å². The molecular weight excluding hydrogens is 200 g/mol. The number of hydrogen-bond acceptors (Lipinski definition) is 3. The Balaban J connectivity index is 2.68. The monoisotopic (exact) mass is 208 g/mol. The van der Waals surface area contributed by atoms with Gasteiger partial charge in [0.05, 0.1) is 10.6 Å². The first-order valence-electron chi connectivity index (χ1n) is 4.08. The maximum Gasteiger partial charge on any atom is 0.167 e. The lowest BCUT2D eigenvalue weighted by Crippen LogP contribution is -1.96. The number of nitrogens with two attached hydrogens (primary N) is 1. The summed E-state index contributed by atoms with van der Waals surface area (Å²) in [5.41, 5.74) is 7.15. The van der Waals surface area contributed by atoms with E-state index in [0.717, 1.165) is 5.56 Å². The maximum atomic E-state index is 6.03. The van der Waals surface area contributed by atoms with Crippen molar-refractivity contribution in [3.05, 3.63) is 29.5 Å². The van der Waals surface area contributed by atoms with E-state index >= 15 is 0 Å². The van der Waals surface area contributed by atoms with Gasteiger partial charge >= 0.3 is 0 Å². The molecule has 1 aromatic heterocycles. The number of rotatable bonds is 1. The largest absolute Gasteiger partial charge is 0.398 e. The van der Waals surface area contributed by atoms with Crippen LogP contribution in [0.1, 0.15) is 0 Å². The third-order valence-corrected chi connectivity index (χ3v) is 2.30. The first-order valence-corrected chi connectivity index (χ1v) is 4.46. The fourth-order valence-corrected chi connectivity index (χ4v) is 1.55. The van der Waals surface area contributed by atoms with Gasteiger partial charge < -0.3 is 10.3 Å². The van der Waals surface area contributed by atoms with Gasteiger partial charge in [-0.1, -0.05) is 17.7 Å². The number of anilines is 1. The van der Waals surface area contributed by atoms with Crippen molar-refractivity contribution >= 4 is 17.3 Å². The van der Waals surface area contributed by atoms with Crippen LogP contribution < -0.4 is 5.73 Å². The van der Waals surface area contributed by atoms with Crippen molar-refractivity contribution < 1.29 is 0 Å². The smallest absolute Gasteiger partial charge is 0.167 e. The van der Waals surface area contributed by atoms with E-state index in [1.807, 2.05) is 7.05 Å². The summed E-state index contributed by atoms with van der Waals surface area (Å²) in [6.07, 6.45) is 1.61. The molecule has 4 nitrogen and oxygen atoms in total. The third kappa shape index (κ3) is 1.33. The molecule has 1 aromatic carbocycles. The van der Waals surface area contributed by atoms with Crippen molar-refractivity contribution in [3.8, 4) is 11.4 Å². The highest BCUT2D eigenvalue weighted by Gasteiger charge is 2.11. The molecule has 0 fully saturated rings. The van der Waals surface area contributed by atoms with Crippen LogP contribution in [0.4, 0.5) is 5.69 Å². The van der Waals surface area contributed by atoms with E-state index in [9.17, 15) is 0 Å². The highest BCUT2D eigenvalue weighted by Crippen LogP contribution is 2.30. The standard InChI is InChI=1S/C9H9ClN4/c1-14-5-12-13-9(14)8-6(10)3-2-4-7(8)11/h2-5H,11H2,1H3. The fourth-order valence-electron chi connectivity index (χ4n) is 1.29. The van der Waals surface area contributed by atoms with Gasteiger partial charge in [0.1, 0.15) is 6.33 Å². The first kappa shape index (κ1) is 9.02. The second-order valence-electron chi connectivity index (χ2n) is 2.97. The van der Waals surface area contributed by atoms with Crippen molar-refractivity contribution in [1.82, 2.24) is 14.8 Å². The van der Waals surface area contributed by atoms with Crippen LogP contribution in [0.2, 0.25) is 5.02 Å². The van der Waals surface area contributed by atoms with Gasteiger partial charge in [0.15, 0.2) is 5.82 Å². The summed E-state index contributed by atoms with van der Waals surface area (Å²) < 4.78 is 1.78. The first-order chi connectivity index (χ1) is 6.70. The second-order valence-corrected chi connectivity index (χ2v) is 3.38. The Bertz CT molecular complexity index is 443. The quantitative estimate of drug-likeness (QED) is 0.726. The SMILES string of the molecule is Cn1cnnc1-c1c(N)cccc1Cl. The van der Waals surface area contributed by atoms with Crippen molar-refractivity contribution in [3.63, 3.8) is 0 Å². The van der Waals surface area contributed by atoms with Crippen LogP contribution in [-0.4, -0.2) is 14.8 Å². The van der Waals surface area contributed by atoms with Gasteiger partial charge in [-0.2, -0.15) is 0 Å². The van der Waals surface area contributed by atoms with Crippen molar-refractivity contribution in [2.45, 2.75) is 0 Å². The third-order valence-electron chi connectivity index (χ3n) is 1.98. The second kappa shape index (κ2) is 3.31. The number of halogens is 1. The van der Waals surface area contributed by atoms with Crippen molar-refractivity contribution in [2.24, 2.45) is 7.05 Å². The molecule has 0 saturated heterocycles. The van der Waals surface area contributed by atoms with Crippen molar-refractivity contribution in [2.75, 3.05) is 5.73 Å². The number of hydrogen-bond donors (Lipinski definition) is 1. The number of benzene rings is 1. The van der Waals surface area contributed by atoms with Crippen LogP contribution in [0, 0.1) is 0 Å². The molecule has 0 atom stereocenters. The summed E-state index contributed by atoms with van der Waals surface area (Å²) in [4.78, 5) is 0. The zero-order valence-corrected chi connectivity index (χ0v) is 8.36. The Kier molecular flexibility index (Phi) is 2.13. The predicted molar refractivity (Wildman–Crippen MR) is 55.9 cm³/mol. The molecule has 0 aliphatic rings. The van der Waals surface area contributed by atoms with Gasteiger partial charge in [0.2, 0.25) is 0 Å². The van der Waals surface area contributed by atoms with Crippen LogP contribution in [-0.2, 0) is 7.05 Å². The Morgan fingerprint density at radius 2 is 2.21 bits per heavy atom. The summed E-state index contributed by atoms with van der Waals surface area (Å²) in [7, 11) is 1.85. The molecule has 0 spiro atoms. The van der Waals surface area contributed by atoms with E-state index < -0.39 is 0 Å². The average molecular weight is 209 g/mol. The number of nitrogens with zero attached hydrogens (tertiary/aromatic N) is 3. The number of aryl methyl sites for hydroxylation is 1. The summed E-state index contributed by atoms with van der Waals surface area (Å²) >= 11 is 6.03. The fraction of sp³-hybridized carbons (Fsp3) is 0.111. The summed E-state index contributed by atoms with van der Waals surface area (Å²) in [6, 6.07) is 5.37. The zero-order chi connectivity index (χ0) is 10.1. The van der Waals surface area contributed by atoms with Gasteiger partial charge in [0, 0.05) is 12.7 Å². The molecule has 0 amide bonds. The molecule has 0 unspecified atom stereocenters. The van der Waals surface area contributed by atoms with Gasteiger partial charge in [-0.25, -0.2) is 0 Å². The van der Waals surface area contributed by atoms with E-state index in [4.69, 9.17) is 17.3 Å². The van der Waals surface area contributed by atoms with Gasteiger partial charge in [-0.05, 0) is 12.1 Å². The maximum absolute atomic E-state index is 6.03. The zero-order valence-electron chi connectivity index (χ0n) is 7.61. The van der Waals surface area contributed by atoms with Gasteiger partial charge in [0.25, 0.3) is 0 Å². The minimum atomic E-state index is 0.584. The molecule has 2 rings (SSSR count). The highest BCUT2D eigenvalue weighted by atomic mass is 35.5. The van der Waals surface area contributed by atoms with E-state index in [0.29, 0.717) is 16.5 Å². The highest BCUT2D eigenvalue weighted by molar-refractivity contribution is 6.33. The normalized spacial score (nSPS) is 10.4. The number of aromatic nitrogens is 3. The molecule has 5 heteroatoms. The summed E-state index contributed by atoms with van der Waals surface area (Å²) in [5.74, 6) is 0.674. The van der Waals surface area contributed by atoms with Crippen LogP contribution >= 0.6 is 11.6 Å². The molecule has 2 N–H and O–H groups in total. The molecule has 14 heavy (non-hydrogen) atoms. The molecule has 0 bridgehead atoms. The van der Waals surface area contributed by atoms with E-state index in [1.54, 1.807) is 29.1 Å². The van der Waals surface area contributed by atoms with Crippen molar-refractivity contribution in [1.29, 1.82) is 0 Å². The minimum absolute atomic E-state index is 0.584. The predicted octanol–water partition coefficient (Wildman–Crippen LogP) is 1.72. The summed E-state index contributed by atoms with van der Waals surface area (Å²) in [6.45, 7) is 0. The Morgan fingerprint density at radius 3 is 2.79 bits per heavy atom. The molecule has 0 aliphatic heterocycles. The van der Waals surface area contributed by atoms with E-state index in [2.05, 4.69) is 10.2 Å².